The van der Waals surface area contributed by atoms with E-state index in [4.69, 9.17) is 9.47 Å². The number of likely N-dealkylation sites (tertiary alicyclic amines) is 1. The van der Waals surface area contributed by atoms with Crippen molar-refractivity contribution in [3.63, 3.8) is 0 Å². The van der Waals surface area contributed by atoms with E-state index < -0.39 is 24.4 Å². The fraction of sp³-hybridized carbons (Fsp3) is 0.600. The van der Waals surface area contributed by atoms with E-state index in [9.17, 15) is 14.7 Å². The number of carbonyl (C=O) groups excluding carboxylic acids is 2. The predicted octanol–water partition coefficient (Wildman–Crippen LogP) is 2.49. The number of hydrogen-bond donors (Lipinski definition) is 1. The monoisotopic (exact) mass is 363 g/mol. The van der Waals surface area contributed by atoms with Crippen LogP contribution in [-0.2, 0) is 25.7 Å². The summed E-state index contributed by atoms with van der Waals surface area (Å²) in [5.41, 5.74) is 0.958. The van der Waals surface area contributed by atoms with E-state index in [1.54, 1.807) is 11.8 Å². The number of esters is 1. The van der Waals surface area contributed by atoms with Gasteiger partial charge in [-0.25, -0.2) is 0 Å². The third kappa shape index (κ3) is 5.29. The summed E-state index contributed by atoms with van der Waals surface area (Å²) in [6.45, 7) is 6.20. The van der Waals surface area contributed by atoms with Crippen LogP contribution in [0.2, 0.25) is 0 Å². The maximum Gasteiger partial charge on any atom is 0.306 e. The number of aliphatic hydroxyl groups is 1. The third-order valence-electron chi connectivity index (χ3n) is 4.57. The first kappa shape index (κ1) is 20.4. The highest BCUT2D eigenvalue weighted by Crippen LogP contribution is 2.25. The number of aliphatic hydroxyl groups excluding tert-OH is 1. The third-order valence-corrected chi connectivity index (χ3v) is 4.57. The van der Waals surface area contributed by atoms with Gasteiger partial charge in [0.05, 0.1) is 12.6 Å². The first-order valence-electron chi connectivity index (χ1n) is 9.27. The largest absolute Gasteiger partial charge is 0.452 e. The van der Waals surface area contributed by atoms with E-state index in [2.05, 4.69) is 0 Å². The lowest BCUT2D eigenvalue weighted by atomic mass is 10.1. The van der Waals surface area contributed by atoms with Crippen LogP contribution in [0.4, 0.5) is 0 Å². The van der Waals surface area contributed by atoms with Gasteiger partial charge in [0.2, 0.25) is 0 Å². The summed E-state index contributed by atoms with van der Waals surface area (Å²) in [5.74, 6) is -0.790. The molecule has 0 spiro atoms. The van der Waals surface area contributed by atoms with Gasteiger partial charge in [-0.1, -0.05) is 51.1 Å². The minimum atomic E-state index is -1.07. The predicted molar refractivity (Wildman–Crippen MR) is 97.0 cm³/mol. The van der Waals surface area contributed by atoms with E-state index in [1.165, 1.54) is 0 Å². The summed E-state index contributed by atoms with van der Waals surface area (Å²) >= 11 is 0. The highest BCUT2D eigenvalue weighted by molar-refractivity contribution is 5.84. The minimum absolute atomic E-state index is 0.137. The first-order valence-corrected chi connectivity index (χ1v) is 9.27. The molecule has 0 aliphatic carbocycles. The molecule has 0 radical (unpaired) electrons. The van der Waals surface area contributed by atoms with Gasteiger partial charge in [-0.15, -0.1) is 0 Å². The first-order chi connectivity index (χ1) is 12.4. The average molecular weight is 363 g/mol. The van der Waals surface area contributed by atoms with Crippen LogP contribution in [0.15, 0.2) is 30.3 Å². The molecule has 1 aromatic rings. The van der Waals surface area contributed by atoms with Crippen LogP contribution in [0.1, 0.15) is 45.6 Å². The van der Waals surface area contributed by atoms with Crippen LogP contribution < -0.4 is 0 Å². The molecule has 1 aliphatic rings. The molecule has 1 amide bonds. The molecule has 1 aromatic carbocycles. The molecule has 0 saturated carbocycles. The van der Waals surface area contributed by atoms with Crippen LogP contribution in [-0.4, -0.2) is 46.9 Å². The Morgan fingerprint density at radius 2 is 1.96 bits per heavy atom. The van der Waals surface area contributed by atoms with E-state index >= 15 is 0 Å². The quantitative estimate of drug-likeness (QED) is 0.567. The fourth-order valence-corrected chi connectivity index (χ4v) is 3.09. The fourth-order valence-electron chi connectivity index (χ4n) is 3.09. The smallest absolute Gasteiger partial charge is 0.306 e. The van der Waals surface area contributed by atoms with Crippen molar-refractivity contribution in [1.82, 2.24) is 4.90 Å². The van der Waals surface area contributed by atoms with E-state index in [-0.39, 0.29) is 24.9 Å². The summed E-state index contributed by atoms with van der Waals surface area (Å²) in [7, 11) is 0. The van der Waals surface area contributed by atoms with Crippen molar-refractivity contribution in [1.29, 1.82) is 0 Å². The Hall–Kier alpha value is -1.92. The van der Waals surface area contributed by atoms with Crippen molar-refractivity contribution in [3.05, 3.63) is 35.9 Å². The molecule has 0 bridgehead atoms. The Kier molecular flexibility index (Phi) is 7.60. The highest BCUT2D eigenvalue weighted by atomic mass is 16.6. The van der Waals surface area contributed by atoms with Gasteiger partial charge < -0.3 is 19.5 Å². The molecule has 1 fully saturated rings. The van der Waals surface area contributed by atoms with Crippen LogP contribution in [0.5, 0.6) is 0 Å². The van der Waals surface area contributed by atoms with Crippen molar-refractivity contribution in [2.24, 2.45) is 5.92 Å². The Balaban J connectivity index is 2.00. The van der Waals surface area contributed by atoms with E-state index in [0.717, 1.165) is 12.0 Å². The Labute approximate surface area is 155 Å². The number of carbonyl (C=O) groups is 2. The van der Waals surface area contributed by atoms with Crippen molar-refractivity contribution >= 4 is 11.9 Å². The molecule has 26 heavy (non-hydrogen) atoms. The lowest BCUT2D eigenvalue weighted by Gasteiger charge is -2.32. The number of rotatable bonds is 8. The van der Waals surface area contributed by atoms with Gasteiger partial charge in [-0.05, 0) is 24.3 Å². The standard InChI is InChI=1S/C20H29NO5/c1-4-17(22)26-18(14(2)3)19(23)21-12-8-11-16(21)20(24)25-13-15-9-6-5-7-10-15/h5-7,9-10,14,16,18,20,24H,4,8,11-13H2,1-3H3/t16-,18+,20?/m0/s1. The summed E-state index contributed by atoms with van der Waals surface area (Å²) in [4.78, 5) is 26.2. The van der Waals surface area contributed by atoms with Crippen molar-refractivity contribution in [2.75, 3.05) is 6.54 Å². The molecular weight excluding hydrogens is 334 g/mol. The second-order valence-corrected chi connectivity index (χ2v) is 6.94. The summed E-state index contributed by atoms with van der Waals surface area (Å²) < 4.78 is 10.9. The Morgan fingerprint density at radius 1 is 1.27 bits per heavy atom. The van der Waals surface area contributed by atoms with E-state index in [1.807, 2.05) is 44.2 Å². The number of benzene rings is 1. The van der Waals surface area contributed by atoms with Crippen LogP contribution in [0.25, 0.3) is 0 Å². The van der Waals surface area contributed by atoms with Crippen LogP contribution in [0, 0.1) is 5.92 Å². The van der Waals surface area contributed by atoms with Gasteiger partial charge in [-0.3, -0.25) is 9.59 Å². The summed E-state index contributed by atoms with van der Waals surface area (Å²) in [6.07, 6.45) is -0.230. The molecular formula is C20H29NO5. The molecule has 0 aromatic heterocycles. The Bertz CT molecular complexity index is 589. The second kappa shape index (κ2) is 9.69. The van der Waals surface area contributed by atoms with Crippen molar-refractivity contribution < 1.29 is 24.2 Å². The van der Waals surface area contributed by atoms with Gasteiger partial charge in [0.25, 0.3) is 5.91 Å². The molecule has 6 nitrogen and oxygen atoms in total. The SMILES string of the molecule is CCC(=O)O[C@@H](C(=O)N1CCC[C@H]1C(O)OCc1ccccc1)C(C)C. The van der Waals surface area contributed by atoms with Gasteiger partial charge in [0.15, 0.2) is 12.4 Å². The van der Waals surface area contributed by atoms with Crippen molar-refractivity contribution in [2.45, 2.75) is 65.1 Å². The molecule has 2 rings (SSSR count). The van der Waals surface area contributed by atoms with Gasteiger partial charge in [0.1, 0.15) is 0 Å². The van der Waals surface area contributed by atoms with E-state index in [0.29, 0.717) is 13.0 Å². The lowest BCUT2D eigenvalue weighted by molar-refractivity contribution is -0.174. The summed E-state index contributed by atoms with van der Waals surface area (Å²) in [5, 5.41) is 10.5. The molecule has 6 heteroatoms. The van der Waals surface area contributed by atoms with Crippen LogP contribution >= 0.6 is 0 Å². The van der Waals surface area contributed by atoms with Crippen molar-refractivity contribution in [3.8, 4) is 0 Å². The lowest BCUT2D eigenvalue weighted by Crippen LogP contribution is -2.50. The highest BCUT2D eigenvalue weighted by Gasteiger charge is 2.39. The molecule has 1 heterocycles. The molecule has 1 unspecified atom stereocenters. The number of hydrogen-bond acceptors (Lipinski definition) is 5. The normalized spacial score (nSPS) is 19.4. The average Bonchev–Trinajstić information content (AvgIpc) is 3.13. The molecule has 1 saturated heterocycles. The van der Waals surface area contributed by atoms with Crippen LogP contribution in [0.3, 0.4) is 0 Å². The zero-order valence-corrected chi connectivity index (χ0v) is 15.8. The molecule has 3 atom stereocenters. The molecule has 1 N–H and O–H groups in total. The maximum absolute atomic E-state index is 12.9. The maximum atomic E-state index is 12.9. The topological polar surface area (TPSA) is 76.1 Å². The minimum Gasteiger partial charge on any atom is -0.452 e. The molecule has 1 aliphatic heterocycles. The number of ether oxygens (including phenoxy) is 2. The van der Waals surface area contributed by atoms with Gasteiger partial charge in [0, 0.05) is 13.0 Å². The Morgan fingerprint density at radius 3 is 2.58 bits per heavy atom. The summed E-state index contributed by atoms with van der Waals surface area (Å²) in [6, 6.07) is 9.15. The number of nitrogens with zero attached hydrogens (tertiary/aromatic N) is 1. The molecule has 144 valence electrons. The number of amides is 1. The van der Waals surface area contributed by atoms with Gasteiger partial charge in [-0.2, -0.15) is 0 Å². The zero-order valence-electron chi connectivity index (χ0n) is 15.8. The second-order valence-electron chi connectivity index (χ2n) is 6.94. The van der Waals surface area contributed by atoms with Gasteiger partial charge >= 0.3 is 5.97 Å². The zero-order chi connectivity index (χ0) is 19.1.